The molecule has 2 atom stereocenters. The predicted octanol–water partition coefficient (Wildman–Crippen LogP) is 3.86. The molecule has 14 heteroatoms. The van der Waals surface area contributed by atoms with E-state index in [1.165, 1.54) is 0 Å². The van der Waals surface area contributed by atoms with Crippen LogP contribution in [0.1, 0.15) is 85.6 Å². The topological polar surface area (TPSA) is 191 Å². The lowest BCUT2D eigenvalue weighted by atomic mass is 10.1. The molecule has 0 aliphatic rings. The minimum atomic E-state index is -1.07. The lowest BCUT2D eigenvalue weighted by Gasteiger charge is -2.25. The van der Waals surface area contributed by atoms with Crippen molar-refractivity contribution in [2.24, 2.45) is 5.18 Å². The third-order valence-corrected chi connectivity index (χ3v) is 5.87. The van der Waals surface area contributed by atoms with Crippen molar-refractivity contribution >= 4 is 30.0 Å². The first-order valence-electron chi connectivity index (χ1n) is 15.1. The van der Waals surface area contributed by atoms with E-state index in [1.54, 1.807) is 53.7 Å². The maximum atomic E-state index is 13.4. The average molecular weight is 636 g/mol. The number of nitroso groups, excluding NO2 is 1. The fourth-order valence-corrected chi connectivity index (χ4v) is 3.83. The summed E-state index contributed by atoms with van der Waals surface area (Å²) in [5.74, 6) is -1.93. The van der Waals surface area contributed by atoms with Crippen LogP contribution < -0.4 is 21.3 Å². The first-order valence-corrected chi connectivity index (χ1v) is 15.1. The molecular formula is C31H49N5O9. The molecule has 2 unspecified atom stereocenters. The number of carbonyl (C=O) groups is 5. The Morgan fingerprint density at radius 3 is 1.91 bits per heavy atom. The van der Waals surface area contributed by atoms with Gasteiger partial charge in [-0.05, 0) is 85.6 Å². The number of carbonyl (C=O) groups excluding carboxylic acids is 5. The van der Waals surface area contributed by atoms with Gasteiger partial charge in [0.05, 0.1) is 6.54 Å². The smallest absolute Gasteiger partial charge is 0.408 e. The molecular weight excluding hydrogens is 586 g/mol. The van der Waals surface area contributed by atoms with Crippen LogP contribution in [0.4, 0.5) is 9.59 Å². The van der Waals surface area contributed by atoms with E-state index in [0.717, 1.165) is 5.56 Å². The van der Waals surface area contributed by atoms with Gasteiger partial charge in [0.25, 0.3) is 0 Å². The van der Waals surface area contributed by atoms with E-state index < -0.39 is 59.8 Å². The van der Waals surface area contributed by atoms with Gasteiger partial charge in [-0.15, -0.1) is 0 Å². The molecule has 0 aromatic heterocycles. The molecule has 1 aromatic rings. The summed E-state index contributed by atoms with van der Waals surface area (Å²) in [7, 11) is 0. The van der Waals surface area contributed by atoms with Crippen LogP contribution >= 0.6 is 0 Å². The lowest BCUT2D eigenvalue weighted by molar-refractivity contribution is -0.145. The van der Waals surface area contributed by atoms with Crippen LogP contribution in [0.5, 0.6) is 0 Å². The number of ether oxygens (including phenoxy) is 3. The number of hydrogen-bond acceptors (Lipinski definition) is 10. The zero-order valence-electron chi connectivity index (χ0n) is 27.2. The van der Waals surface area contributed by atoms with Crippen LogP contribution in [-0.4, -0.2) is 72.9 Å². The van der Waals surface area contributed by atoms with Crippen LogP contribution in [0.25, 0.3) is 0 Å². The molecule has 0 saturated carbocycles. The zero-order chi connectivity index (χ0) is 33.9. The molecule has 4 N–H and O–H groups in total. The standard InChI is InChI=1S/C31H49N5O9/c1-30(2,3)44-28(40)32-18-12-10-17-24(36-29(41)45-31(4,5)6)27(39)35-23(16-11-13-19-34-42)26(38)33-20-25(37)43-21-22-14-8-7-9-15-22/h7-9,14-15,23-24H,10-13,16-21H2,1-6H3,(H,32,40)(H,33,38)(H,35,39)(H,36,41). The fourth-order valence-electron chi connectivity index (χ4n) is 3.83. The molecule has 1 aromatic carbocycles. The van der Waals surface area contributed by atoms with Crippen LogP contribution in [0.2, 0.25) is 0 Å². The lowest BCUT2D eigenvalue weighted by Crippen LogP contribution is -2.54. The number of nitrogens with one attached hydrogen (secondary N) is 4. The highest BCUT2D eigenvalue weighted by molar-refractivity contribution is 5.92. The Morgan fingerprint density at radius 1 is 0.733 bits per heavy atom. The summed E-state index contributed by atoms with van der Waals surface area (Å²) < 4.78 is 15.7. The van der Waals surface area contributed by atoms with Crippen molar-refractivity contribution in [3.8, 4) is 0 Å². The summed E-state index contributed by atoms with van der Waals surface area (Å²) in [4.78, 5) is 73.5. The number of amides is 4. The maximum Gasteiger partial charge on any atom is 0.408 e. The van der Waals surface area contributed by atoms with Gasteiger partial charge in [-0.2, -0.15) is 4.91 Å². The average Bonchev–Trinajstić information content (AvgIpc) is 2.94. The van der Waals surface area contributed by atoms with Gasteiger partial charge in [0.2, 0.25) is 11.8 Å². The summed E-state index contributed by atoms with van der Waals surface area (Å²) in [5.41, 5.74) is -0.665. The number of hydrogen-bond donors (Lipinski definition) is 4. The van der Waals surface area contributed by atoms with Crippen molar-refractivity contribution in [3.63, 3.8) is 0 Å². The SMILES string of the molecule is CC(C)(C)OC(=O)NCCCCC(NC(=O)OC(C)(C)C)C(=O)NC(CCCCN=O)C(=O)NCC(=O)OCc1ccccc1. The highest BCUT2D eigenvalue weighted by Crippen LogP contribution is 2.11. The van der Waals surface area contributed by atoms with Crippen molar-refractivity contribution in [1.82, 2.24) is 21.3 Å². The van der Waals surface area contributed by atoms with Gasteiger partial charge in [-0.1, -0.05) is 35.5 Å². The Kier molecular flexibility index (Phi) is 17.2. The molecule has 1 rings (SSSR count). The largest absolute Gasteiger partial charge is 0.460 e. The minimum absolute atomic E-state index is 0.0414. The molecule has 0 aliphatic heterocycles. The van der Waals surface area contributed by atoms with Crippen molar-refractivity contribution < 1.29 is 38.2 Å². The molecule has 4 amide bonds. The number of unbranched alkanes of at least 4 members (excludes halogenated alkanes) is 2. The normalized spacial score (nSPS) is 12.6. The summed E-state index contributed by atoms with van der Waals surface area (Å²) in [6.45, 7) is 10.3. The van der Waals surface area contributed by atoms with Crippen molar-refractivity contribution in [1.29, 1.82) is 0 Å². The molecule has 14 nitrogen and oxygen atoms in total. The Hall–Kier alpha value is -4.23. The first-order chi connectivity index (χ1) is 21.1. The highest BCUT2D eigenvalue weighted by Gasteiger charge is 2.28. The first kappa shape index (κ1) is 38.8. The van der Waals surface area contributed by atoms with Crippen LogP contribution in [0, 0.1) is 4.91 Å². The van der Waals surface area contributed by atoms with Gasteiger partial charge >= 0.3 is 18.2 Å². The minimum Gasteiger partial charge on any atom is -0.460 e. The van der Waals surface area contributed by atoms with E-state index in [0.29, 0.717) is 25.7 Å². The zero-order valence-corrected chi connectivity index (χ0v) is 27.2. The third kappa shape index (κ3) is 19.6. The number of rotatable bonds is 18. The van der Waals surface area contributed by atoms with E-state index in [-0.39, 0.29) is 32.5 Å². The molecule has 252 valence electrons. The molecule has 0 heterocycles. The molecule has 0 aliphatic carbocycles. The number of esters is 1. The van der Waals surface area contributed by atoms with Gasteiger partial charge < -0.3 is 35.5 Å². The summed E-state index contributed by atoms with van der Waals surface area (Å²) in [6, 6.07) is 6.92. The Bertz CT molecular complexity index is 1100. The second-order valence-corrected chi connectivity index (χ2v) is 12.4. The van der Waals surface area contributed by atoms with Crippen molar-refractivity contribution in [3.05, 3.63) is 40.8 Å². The van der Waals surface area contributed by atoms with E-state index in [1.807, 2.05) is 18.2 Å². The molecule has 0 bridgehead atoms. The molecule has 0 fully saturated rings. The van der Waals surface area contributed by atoms with Crippen molar-refractivity contribution in [2.75, 3.05) is 19.6 Å². The van der Waals surface area contributed by atoms with Crippen LogP contribution in [0.15, 0.2) is 35.5 Å². The summed E-state index contributed by atoms with van der Waals surface area (Å²) in [6.07, 6.45) is 0.655. The van der Waals surface area contributed by atoms with Gasteiger partial charge in [0.1, 0.15) is 36.4 Å². The van der Waals surface area contributed by atoms with E-state index in [9.17, 15) is 28.9 Å². The monoisotopic (exact) mass is 635 g/mol. The second-order valence-electron chi connectivity index (χ2n) is 12.4. The fraction of sp³-hybridized carbons (Fsp3) is 0.645. The van der Waals surface area contributed by atoms with Gasteiger partial charge in [0.15, 0.2) is 0 Å². The molecule has 0 saturated heterocycles. The van der Waals surface area contributed by atoms with Gasteiger partial charge in [0, 0.05) is 6.54 Å². The van der Waals surface area contributed by atoms with Crippen LogP contribution in [-0.2, 0) is 35.2 Å². The Labute approximate surface area is 265 Å². The Morgan fingerprint density at radius 2 is 1.31 bits per heavy atom. The molecule has 45 heavy (non-hydrogen) atoms. The van der Waals surface area contributed by atoms with Gasteiger partial charge in [-0.3, -0.25) is 14.4 Å². The summed E-state index contributed by atoms with van der Waals surface area (Å²) in [5, 5.41) is 13.2. The third-order valence-electron chi connectivity index (χ3n) is 5.87. The van der Waals surface area contributed by atoms with Crippen molar-refractivity contribution in [2.45, 2.75) is 110 Å². The number of nitrogens with zero attached hydrogens (tertiary/aromatic N) is 1. The highest BCUT2D eigenvalue weighted by atomic mass is 16.6. The maximum absolute atomic E-state index is 13.4. The van der Waals surface area contributed by atoms with Gasteiger partial charge in [-0.25, -0.2) is 9.59 Å². The molecule has 0 radical (unpaired) electrons. The second kappa shape index (κ2) is 19.9. The summed E-state index contributed by atoms with van der Waals surface area (Å²) >= 11 is 0. The van der Waals surface area contributed by atoms with E-state index in [2.05, 4.69) is 26.4 Å². The predicted molar refractivity (Wildman–Crippen MR) is 167 cm³/mol. The Balaban J connectivity index is 2.84. The van der Waals surface area contributed by atoms with Crippen LogP contribution in [0.3, 0.4) is 0 Å². The van der Waals surface area contributed by atoms with E-state index >= 15 is 0 Å². The molecule has 0 spiro atoms. The number of alkyl carbamates (subject to hydrolysis) is 2. The quantitative estimate of drug-likeness (QED) is 0.0803. The van der Waals surface area contributed by atoms with E-state index in [4.69, 9.17) is 14.2 Å². The number of benzene rings is 1.